The molecule has 0 aliphatic carbocycles. The lowest BCUT2D eigenvalue weighted by Crippen LogP contribution is -2.34. The summed E-state index contributed by atoms with van der Waals surface area (Å²) in [4.78, 5) is 13.6. The number of esters is 1. The molecule has 2 rings (SSSR count). The van der Waals surface area contributed by atoms with Gasteiger partial charge in [0.25, 0.3) is 0 Å². The summed E-state index contributed by atoms with van der Waals surface area (Å²) in [6, 6.07) is 5.42. The van der Waals surface area contributed by atoms with Crippen molar-refractivity contribution in [3.8, 4) is 11.5 Å². The topological polar surface area (TPSA) is 59.0 Å². The zero-order valence-corrected chi connectivity index (χ0v) is 11.8. The van der Waals surface area contributed by atoms with E-state index in [1.54, 1.807) is 6.07 Å². The van der Waals surface area contributed by atoms with Crippen molar-refractivity contribution in [3.63, 3.8) is 0 Å². The third-order valence-corrected chi connectivity index (χ3v) is 3.21. The number of nitrogens with zero attached hydrogens (tertiary/aromatic N) is 1. The van der Waals surface area contributed by atoms with Crippen LogP contribution in [0, 0.1) is 0 Å². The van der Waals surface area contributed by atoms with Crippen LogP contribution < -0.4 is 9.47 Å². The molecule has 0 bridgehead atoms. The van der Waals surface area contributed by atoms with Crippen LogP contribution >= 0.6 is 0 Å². The van der Waals surface area contributed by atoms with Gasteiger partial charge in [0.05, 0.1) is 6.61 Å². The Bertz CT molecular complexity index is 461. The van der Waals surface area contributed by atoms with Gasteiger partial charge in [0.1, 0.15) is 18.2 Å². The number of benzene rings is 1. The Labute approximate surface area is 119 Å². The quantitative estimate of drug-likeness (QED) is 0.637. The van der Waals surface area contributed by atoms with Crippen LogP contribution in [-0.2, 0) is 11.3 Å². The fourth-order valence-electron chi connectivity index (χ4n) is 2.12. The molecule has 20 heavy (non-hydrogen) atoms. The van der Waals surface area contributed by atoms with Gasteiger partial charge in [0.2, 0.25) is 0 Å². The molecule has 0 amide bonds. The number of unbranched alkanes of at least 4 members (excludes halogenated alkanes) is 1. The third kappa shape index (κ3) is 3.95. The van der Waals surface area contributed by atoms with Crippen molar-refractivity contribution < 1.29 is 19.4 Å². The molecule has 1 N–H and O–H groups in total. The Balaban J connectivity index is 1.99. The highest BCUT2D eigenvalue weighted by Gasteiger charge is 2.18. The molecule has 5 nitrogen and oxygen atoms in total. The van der Waals surface area contributed by atoms with Gasteiger partial charge in [0.15, 0.2) is 0 Å². The van der Waals surface area contributed by atoms with Crippen LogP contribution in [0.5, 0.6) is 11.5 Å². The summed E-state index contributed by atoms with van der Waals surface area (Å²) in [5, 5.41) is 8.96. The largest absolute Gasteiger partial charge is 0.478 e. The van der Waals surface area contributed by atoms with Crippen molar-refractivity contribution in [2.75, 3.05) is 19.9 Å². The third-order valence-electron chi connectivity index (χ3n) is 3.21. The number of β-amino-alcohol motifs (C(OH)–C–C–N with tert-alkyl or cyclic N) is 1. The highest BCUT2D eigenvalue weighted by atomic mass is 16.5. The molecular weight excluding hydrogens is 258 g/mol. The second kappa shape index (κ2) is 7.26. The summed E-state index contributed by atoms with van der Waals surface area (Å²) >= 11 is 0. The van der Waals surface area contributed by atoms with E-state index >= 15 is 0 Å². The standard InChI is InChI=1S/C15H21NO4/c1-2-3-4-15(18)20-13-5-6-14-12(9-13)10-16(7-8-17)11-19-14/h5-6,9,17H,2-4,7-8,10-11H2,1H3. The summed E-state index contributed by atoms with van der Waals surface area (Å²) in [6.45, 7) is 3.88. The van der Waals surface area contributed by atoms with Crippen LogP contribution in [0.2, 0.25) is 0 Å². The molecule has 1 aliphatic rings. The van der Waals surface area contributed by atoms with Gasteiger partial charge in [-0.1, -0.05) is 13.3 Å². The second-order valence-electron chi connectivity index (χ2n) is 4.90. The summed E-state index contributed by atoms with van der Waals surface area (Å²) in [5.74, 6) is 1.17. The van der Waals surface area contributed by atoms with Gasteiger partial charge < -0.3 is 14.6 Å². The predicted molar refractivity (Wildman–Crippen MR) is 74.6 cm³/mol. The fraction of sp³-hybridized carbons (Fsp3) is 0.533. The number of carbonyl (C=O) groups is 1. The van der Waals surface area contributed by atoms with Gasteiger partial charge in [-0.2, -0.15) is 0 Å². The first-order valence-electron chi connectivity index (χ1n) is 7.02. The van der Waals surface area contributed by atoms with Crippen LogP contribution in [0.1, 0.15) is 31.7 Å². The molecule has 0 fully saturated rings. The number of rotatable bonds is 6. The molecule has 0 radical (unpaired) electrons. The first kappa shape index (κ1) is 14.8. The Morgan fingerprint density at radius 2 is 2.35 bits per heavy atom. The second-order valence-corrected chi connectivity index (χ2v) is 4.90. The van der Waals surface area contributed by atoms with Crippen molar-refractivity contribution >= 4 is 5.97 Å². The van der Waals surface area contributed by atoms with E-state index in [1.807, 2.05) is 24.0 Å². The Kier molecular flexibility index (Phi) is 5.38. The van der Waals surface area contributed by atoms with Crippen molar-refractivity contribution in [2.24, 2.45) is 0 Å². The van der Waals surface area contributed by atoms with Gasteiger partial charge in [-0.25, -0.2) is 0 Å². The number of hydrogen-bond donors (Lipinski definition) is 1. The molecule has 0 atom stereocenters. The molecular formula is C15H21NO4. The maximum absolute atomic E-state index is 11.6. The lowest BCUT2D eigenvalue weighted by molar-refractivity contribution is -0.134. The SMILES string of the molecule is CCCCC(=O)Oc1ccc2c(c1)CN(CCO)CO2. The Morgan fingerprint density at radius 1 is 1.50 bits per heavy atom. The summed E-state index contributed by atoms with van der Waals surface area (Å²) in [5.41, 5.74) is 0.977. The first-order chi connectivity index (χ1) is 9.72. The molecule has 5 heteroatoms. The van der Waals surface area contributed by atoms with Crippen molar-refractivity contribution in [2.45, 2.75) is 32.7 Å². The van der Waals surface area contributed by atoms with E-state index in [1.165, 1.54) is 0 Å². The molecule has 110 valence electrons. The molecule has 0 saturated carbocycles. The van der Waals surface area contributed by atoms with Crippen molar-refractivity contribution in [3.05, 3.63) is 23.8 Å². The average Bonchev–Trinajstić information content (AvgIpc) is 2.45. The predicted octanol–water partition coefficient (Wildman–Crippen LogP) is 1.93. The van der Waals surface area contributed by atoms with Gasteiger partial charge >= 0.3 is 5.97 Å². The van der Waals surface area contributed by atoms with Crippen LogP contribution in [0.25, 0.3) is 0 Å². The van der Waals surface area contributed by atoms with Crippen molar-refractivity contribution in [1.82, 2.24) is 4.90 Å². The summed E-state index contributed by atoms with van der Waals surface area (Å²) in [7, 11) is 0. The lowest BCUT2D eigenvalue weighted by Gasteiger charge is -2.28. The number of hydrogen-bond acceptors (Lipinski definition) is 5. The molecule has 1 aromatic carbocycles. The van der Waals surface area contributed by atoms with E-state index in [9.17, 15) is 4.79 Å². The molecule has 1 heterocycles. The lowest BCUT2D eigenvalue weighted by atomic mass is 10.1. The average molecular weight is 279 g/mol. The number of aliphatic hydroxyl groups excluding tert-OH is 1. The maximum atomic E-state index is 11.6. The molecule has 0 spiro atoms. The Hall–Kier alpha value is -1.59. The first-order valence-corrected chi connectivity index (χ1v) is 7.02. The highest BCUT2D eigenvalue weighted by Crippen LogP contribution is 2.28. The minimum Gasteiger partial charge on any atom is -0.478 e. The van der Waals surface area contributed by atoms with E-state index in [-0.39, 0.29) is 12.6 Å². The zero-order chi connectivity index (χ0) is 14.4. The van der Waals surface area contributed by atoms with E-state index < -0.39 is 0 Å². The molecule has 1 aromatic rings. The Morgan fingerprint density at radius 3 is 3.10 bits per heavy atom. The highest BCUT2D eigenvalue weighted by molar-refractivity contribution is 5.72. The number of fused-ring (bicyclic) bond motifs is 1. The summed E-state index contributed by atoms with van der Waals surface area (Å²) < 4.78 is 10.9. The molecule has 0 saturated heterocycles. The van der Waals surface area contributed by atoms with Gasteiger partial charge in [-0.05, 0) is 24.6 Å². The van der Waals surface area contributed by atoms with E-state index in [0.29, 0.717) is 32.0 Å². The van der Waals surface area contributed by atoms with Gasteiger partial charge in [-0.15, -0.1) is 0 Å². The van der Waals surface area contributed by atoms with E-state index in [0.717, 1.165) is 24.2 Å². The summed E-state index contributed by atoms with van der Waals surface area (Å²) in [6.07, 6.45) is 2.27. The number of ether oxygens (including phenoxy) is 2. The van der Waals surface area contributed by atoms with E-state index in [2.05, 4.69) is 0 Å². The van der Waals surface area contributed by atoms with Crippen LogP contribution in [0.4, 0.5) is 0 Å². The number of aliphatic hydroxyl groups is 1. The van der Waals surface area contributed by atoms with Crippen LogP contribution in [0.15, 0.2) is 18.2 Å². The van der Waals surface area contributed by atoms with E-state index in [4.69, 9.17) is 14.6 Å². The minimum atomic E-state index is -0.198. The zero-order valence-electron chi connectivity index (χ0n) is 11.8. The normalized spacial score (nSPS) is 14.5. The molecule has 1 aliphatic heterocycles. The van der Waals surface area contributed by atoms with Crippen LogP contribution in [-0.4, -0.2) is 35.9 Å². The monoisotopic (exact) mass is 279 g/mol. The van der Waals surface area contributed by atoms with Crippen LogP contribution in [0.3, 0.4) is 0 Å². The smallest absolute Gasteiger partial charge is 0.311 e. The van der Waals surface area contributed by atoms with Gasteiger partial charge in [-0.3, -0.25) is 9.69 Å². The fourth-order valence-corrected chi connectivity index (χ4v) is 2.12. The minimum absolute atomic E-state index is 0.102. The maximum Gasteiger partial charge on any atom is 0.311 e. The number of carbonyl (C=O) groups excluding carboxylic acids is 1. The molecule has 0 unspecified atom stereocenters. The molecule has 0 aromatic heterocycles. The van der Waals surface area contributed by atoms with Gasteiger partial charge in [0, 0.05) is 25.1 Å². The van der Waals surface area contributed by atoms with Crippen molar-refractivity contribution in [1.29, 1.82) is 0 Å².